The molecule has 0 saturated heterocycles. The molecule has 0 heterocycles. The van der Waals surface area contributed by atoms with Gasteiger partial charge in [0.25, 0.3) is 0 Å². The molecule has 3 nitrogen and oxygen atoms in total. The van der Waals surface area contributed by atoms with Crippen molar-refractivity contribution in [2.75, 3.05) is 0 Å². The van der Waals surface area contributed by atoms with Crippen LogP contribution in [0.5, 0.6) is 0 Å². The number of aliphatic carboxylic acids is 1. The highest BCUT2D eigenvalue weighted by Crippen LogP contribution is 2.42. The predicted octanol–water partition coefficient (Wildman–Crippen LogP) is 1.86. The first kappa shape index (κ1) is 11.5. The molecule has 3 N–H and O–H groups in total. The summed E-state index contributed by atoms with van der Waals surface area (Å²) < 4.78 is 0. The minimum atomic E-state index is -0.891. The number of hydrogen-bond donors (Lipinski definition) is 2. The van der Waals surface area contributed by atoms with E-state index in [1.54, 1.807) is 0 Å². The first-order valence-corrected chi connectivity index (χ1v) is 5.33. The van der Waals surface area contributed by atoms with E-state index in [2.05, 4.69) is 6.92 Å². The Hall–Kier alpha value is -0.570. The molecule has 2 atom stereocenters. The molecule has 3 heteroatoms. The molecule has 2 unspecified atom stereocenters. The van der Waals surface area contributed by atoms with Gasteiger partial charge >= 0.3 is 5.97 Å². The molecule has 1 saturated carbocycles. The van der Waals surface area contributed by atoms with Gasteiger partial charge in [-0.2, -0.15) is 0 Å². The Kier molecular flexibility index (Phi) is 3.20. The number of carboxylic acid groups (broad SMARTS) is 1. The smallest absolute Gasteiger partial charge is 0.321 e. The summed E-state index contributed by atoms with van der Waals surface area (Å²) in [6.07, 6.45) is 3.52. The Bertz CT molecular complexity index is 221. The molecular weight excluding hydrogens is 178 g/mol. The van der Waals surface area contributed by atoms with Gasteiger partial charge in [-0.15, -0.1) is 0 Å². The quantitative estimate of drug-likeness (QED) is 0.710. The minimum Gasteiger partial charge on any atom is -0.480 e. The van der Waals surface area contributed by atoms with Crippen molar-refractivity contribution in [1.29, 1.82) is 0 Å². The summed E-state index contributed by atoms with van der Waals surface area (Å²) in [7, 11) is 0. The van der Waals surface area contributed by atoms with Crippen LogP contribution in [0.25, 0.3) is 0 Å². The zero-order chi connectivity index (χ0) is 10.9. The van der Waals surface area contributed by atoms with Crippen molar-refractivity contribution in [3.8, 4) is 0 Å². The summed E-state index contributed by atoms with van der Waals surface area (Å²) in [5, 5.41) is 8.86. The van der Waals surface area contributed by atoms with Crippen LogP contribution in [0.4, 0.5) is 0 Å². The van der Waals surface area contributed by atoms with E-state index in [4.69, 9.17) is 10.8 Å². The lowest BCUT2D eigenvalue weighted by molar-refractivity contribution is -0.141. The van der Waals surface area contributed by atoms with Gasteiger partial charge in [0, 0.05) is 0 Å². The number of carboxylic acids is 1. The Morgan fingerprint density at radius 2 is 2.07 bits per heavy atom. The van der Waals surface area contributed by atoms with Gasteiger partial charge in [0.05, 0.1) is 0 Å². The number of nitrogens with two attached hydrogens (primary N) is 1. The van der Waals surface area contributed by atoms with E-state index >= 15 is 0 Å². The fourth-order valence-electron chi connectivity index (χ4n) is 2.12. The molecule has 1 rings (SSSR count). The summed E-state index contributed by atoms with van der Waals surface area (Å²) in [4.78, 5) is 10.8. The predicted molar refractivity (Wildman–Crippen MR) is 55.9 cm³/mol. The molecule has 0 bridgehead atoms. The molecule has 0 aromatic carbocycles. The van der Waals surface area contributed by atoms with E-state index < -0.39 is 12.0 Å². The zero-order valence-corrected chi connectivity index (χ0v) is 9.29. The van der Waals surface area contributed by atoms with Gasteiger partial charge in [0.2, 0.25) is 0 Å². The fraction of sp³-hybridized carbons (Fsp3) is 0.909. The second-order valence-corrected chi connectivity index (χ2v) is 5.32. The topological polar surface area (TPSA) is 63.3 Å². The highest BCUT2D eigenvalue weighted by Gasteiger charge is 2.37. The van der Waals surface area contributed by atoms with Crippen molar-refractivity contribution in [2.45, 2.75) is 46.1 Å². The van der Waals surface area contributed by atoms with E-state index in [1.807, 2.05) is 13.8 Å². The van der Waals surface area contributed by atoms with Crippen LogP contribution in [0.15, 0.2) is 0 Å². The molecular formula is C11H21NO2. The summed E-state index contributed by atoms with van der Waals surface area (Å²) in [5.74, 6) is 0.531. The number of carbonyl (C=O) groups is 1. The largest absolute Gasteiger partial charge is 0.480 e. The van der Waals surface area contributed by atoms with Gasteiger partial charge in [-0.25, -0.2) is 0 Å². The first-order chi connectivity index (χ1) is 6.34. The molecule has 0 aromatic heterocycles. The van der Waals surface area contributed by atoms with E-state index in [1.165, 1.54) is 12.8 Å². The third-order valence-corrected chi connectivity index (χ3v) is 3.38. The first-order valence-electron chi connectivity index (χ1n) is 5.33. The molecule has 14 heavy (non-hydrogen) atoms. The molecule has 0 aliphatic heterocycles. The van der Waals surface area contributed by atoms with E-state index in [0.29, 0.717) is 5.92 Å². The van der Waals surface area contributed by atoms with Crippen LogP contribution < -0.4 is 5.73 Å². The Labute approximate surface area is 85.7 Å². The van der Waals surface area contributed by atoms with Crippen molar-refractivity contribution < 1.29 is 9.90 Å². The average molecular weight is 199 g/mol. The fourth-order valence-corrected chi connectivity index (χ4v) is 2.12. The molecule has 82 valence electrons. The normalized spacial score (nSPS) is 21.7. The monoisotopic (exact) mass is 199 g/mol. The lowest BCUT2D eigenvalue weighted by Gasteiger charge is -2.31. The van der Waals surface area contributed by atoms with Crippen molar-refractivity contribution in [3.05, 3.63) is 0 Å². The summed E-state index contributed by atoms with van der Waals surface area (Å²) in [6.45, 7) is 6.10. The zero-order valence-electron chi connectivity index (χ0n) is 9.29. The third-order valence-electron chi connectivity index (χ3n) is 3.38. The average Bonchev–Trinajstić information content (AvgIpc) is 2.83. The summed E-state index contributed by atoms with van der Waals surface area (Å²) in [6, 6.07) is -0.747. The van der Waals surface area contributed by atoms with Gasteiger partial charge in [-0.3, -0.25) is 4.79 Å². The summed E-state index contributed by atoms with van der Waals surface area (Å²) >= 11 is 0. The highest BCUT2D eigenvalue weighted by atomic mass is 16.4. The van der Waals surface area contributed by atoms with Crippen LogP contribution in [-0.4, -0.2) is 17.1 Å². The van der Waals surface area contributed by atoms with Gasteiger partial charge < -0.3 is 10.8 Å². The van der Waals surface area contributed by atoms with Crippen molar-refractivity contribution in [3.63, 3.8) is 0 Å². The SMILES string of the molecule is CC(CC(C)(C)C(N)C(=O)O)C1CC1. The van der Waals surface area contributed by atoms with E-state index in [9.17, 15) is 4.79 Å². The number of hydrogen-bond acceptors (Lipinski definition) is 2. The maximum absolute atomic E-state index is 10.8. The molecule has 1 fully saturated rings. The van der Waals surface area contributed by atoms with E-state index in [0.717, 1.165) is 12.3 Å². The van der Waals surface area contributed by atoms with Crippen LogP contribution >= 0.6 is 0 Å². The maximum Gasteiger partial charge on any atom is 0.321 e. The number of rotatable bonds is 5. The highest BCUT2D eigenvalue weighted by molar-refractivity contribution is 5.74. The van der Waals surface area contributed by atoms with Gasteiger partial charge in [-0.1, -0.05) is 20.8 Å². The van der Waals surface area contributed by atoms with Crippen LogP contribution in [0.1, 0.15) is 40.0 Å². The third kappa shape index (κ3) is 2.71. The molecule has 0 amide bonds. The summed E-state index contributed by atoms with van der Waals surface area (Å²) in [5.41, 5.74) is 5.37. The van der Waals surface area contributed by atoms with Crippen molar-refractivity contribution in [2.24, 2.45) is 23.0 Å². The minimum absolute atomic E-state index is 0.298. The molecule has 1 aliphatic carbocycles. The van der Waals surface area contributed by atoms with Crippen LogP contribution in [0.3, 0.4) is 0 Å². The Morgan fingerprint density at radius 3 is 2.43 bits per heavy atom. The molecule has 0 radical (unpaired) electrons. The lowest BCUT2D eigenvalue weighted by atomic mass is 9.76. The van der Waals surface area contributed by atoms with Crippen LogP contribution in [0, 0.1) is 17.3 Å². The Morgan fingerprint density at radius 1 is 1.57 bits per heavy atom. The van der Waals surface area contributed by atoms with Gasteiger partial charge in [-0.05, 0) is 36.5 Å². The van der Waals surface area contributed by atoms with Crippen LogP contribution in [0.2, 0.25) is 0 Å². The van der Waals surface area contributed by atoms with Gasteiger partial charge in [0.15, 0.2) is 0 Å². The molecule has 0 aromatic rings. The van der Waals surface area contributed by atoms with Crippen LogP contribution in [-0.2, 0) is 4.79 Å². The molecule has 1 aliphatic rings. The standard InChI is InChI=1S/C11H21NO2/c1-7(8-4-5-8)6-11(2,3)9(12)10(13)14/h7-9H,4-6,12H2,1-3H3,(H,13,14). The van der Waals surface area contributed by atoms with Crippen molar-refractivity contribution >= 4 is 5.97 Å². The second-order valence-electron chi connectivity index (χ2n) is 5.32. The van der Waals surface area contributed by atoms with Gasteiger partial charge in [0.1, 0.15) is 6.04 Å². The van der Waals surface area contributed by atoms with Crippen molar-refractivity contribution in [1.82, 2.24) is 0 Å². The van der Waals surface area contributed by atoms with E-state index in [-0.39, 0.29) is 5.41 Å². The Balaban J connectivity index is 2.50. The second kappa shape index (κ2) is 3.89. The maximum atomic E-state index is 10.8. The lowest BCUT2D eigenvalue weighted by Crippen LogP contribution is -2.44. The molecule has 0 spiro atoms.